The maximum Gasteiger partial charge on any atom is 0.181 e. The summed E-state index contributed by atoms with van der Waals surface area (Å²) >= 11 is 6.00. The average molecular weight is 420 g/mol. The van der Waals surface area contributed by atoms with E-state index in [0.29, 0.717) is 28.8 Å². The van der Waals surface area contributed by atoms with E-state index >= 15 is 0 Å². The van der Waals surface area contributed by atoms with Gasteiger partial charge in [0.05, 0.1) is 12.8 Å². The van der Waals surface area contributed by atoms with Crippen molar-refractivity contribution >= 4 is 17.3 Å². The number of aliphatic hydroxyl groups excluding tert-OH is 1. The maximum absolute atomic E-state index is 9.55. The number of nitrogens with zero attached hydrogens (tertiary/aromatic N) is 1. The van der Waals surface area contributed by atoms with E-state index in [0.717, 1.165) is 11.1 Å². The molecule has 0 aliphatic carbocycles. The van der Waals surface area contributed by atoms with Gasteiger partial charge in [-0.2, -0.15) is 0 Å². The SMILES string of the molecule is CO/C(=C/C(O)OC)C(C)O/N=C(\C)c1cccc(OCc2cccc(Cl)c2)c1. The third kappa shape index (κ3) is 7.42. The molecular formula is C22H26ClNO5. The first-order valence-electron chi connectivity index (χ1n) is 9.07. The van der Waals surface area contributed by atoms with Crippen molar-refractivity contribution in [1.29, 1.82) is 0 Å². The zero-order chi connectivity index (χ0) is 21.2. The van der Waals surface area contributed by atoms with Crippen LogP contribution in [0.5, 0.6) is 5.75 Å². The predicted molar refractivity (Wildman–Crippen MR) is 113 cm³/mol. The van der Waals surface area contributed by atoms with Crippen LogP contribution in [0, 0.1) is 0 Å². The van der Waals surface area contributed by atoms with Crippen LogP contribution in [0.1, 0.15) is 25.0 Å². The molecule has 2 unspecified atom stereocenters. The van der Waals surface area contributed by atoms with Gasteiger partial charge in [0, 0.05) is 23.8 Å². The van der Waals surface area contributed by atoms with E-state index in [1.807, 2.05) is 55.5 Å². The van der Waals surface area contributed by atoms with Gasteiger partial charge < -0.3 is 24.2 Å². The van der Waals surface area contributed by atoms with Crippen LogP contribution in [0.25, 0.3) is 0 Å². The highest BCUT2D eigenvalue weighted by Gasteiger charge is 2.13. The fraction of sp³-hybridized carbons (Fsp3) is 0.318. The molecule has 0 amide bonds. The van der Waals surface area contributed by atoms with Crippen LogP contribution in [0.2, 0.25) is 5.02 Å². The fourth-order valence-electron chi connectivity index (χ4n) is 2.45. The summed E-state index contributed by atoms with van der Waals surface area (Å²) in [6.45, 7) is 4.01. The van der Waals surface area contributed by atoms with Gasteiger partial charge in [0.25, 0.3) is 0 Å². The summed E-state index contributed by atoms with van der Waals surface area (Å²) in [6.07, 6.45) is -0.156. The molecule has 0 spiro atoms. The standard InChI is InChI=1S/C22H26ClNO5/c1-15(24-29-16(2)21(26-3)13-22(25)27-4)18-8-6-10-20(12-18)28-14-17-7-5-9-19(23)11-17/h5-13,16,22,25H,14H2,1-4H3/b21-13+,24-15+. The van der Waals surface area contributed by atoms with Crippen LogP contribution in [0.15, 0.2) is 65.5 Å². The van der Waals surface area contributed by atoms with Crippen molar-refractivity contribution in [3.8, 4) is 5.75 Å². The number of rotatable bonds is 10. The molecule has 2 aromatic rings. The first-order valence-corrected chi connectivity index (χ1v) is 9.45. The van der Waals surface area contributed by atoms with Crippen molar-refractivity contribution in [3.05, 3.63) is 76.5 Å². The van der Waals surface area contributed by atoms with Crippen LogP contribution in [-0.2, 0) is 20.9 Å². The Kier molecular flexibility index (Phi) is 8.99. The highest BCUT2D eigenvalue weighted by Crippen LogP contribution is 2.18. The van der Waals surface area contributed by atoms with Crippen molar-refractivity contribution in [1.82, 2.24) is 0 Å². The Balaban J connectivity index is 2.02. The zero-order valence-corrected chi connectivity index (χ0v) is 17.7. The molecule has 29 heavy (non-hydrogen) atoms. The third-order valence-electron chi connectivity index (χ3n) is 4.08. The molecule has 0 saturated heterocycles. The highest BCUT2D eigenvalue weighted by atomic mass is 35.5. The van der Waals surface area contributed by atoms with E-state index in [1.165, 1.54) is 20.3 Å². The summed E-state index contributed by atoms with van der Waals surface area (Å²) in [7, 11) is 2.88. The van der Waals surface area contributed by atoms with Crippen LogP contribution in [0.3, 0.4) is 0 Å². The van der Waals surface area contributed by atoms with Crippen molar-refractivity contribution in [3.63, 3.8) is 0 Å². The van der Waals surface area contributed by atoms with Gasteiger partial charge in [-0.3, -0.25) is 0 Å². The molecule has 1 N–H and O–H groups in total. The number of methoxy groups -OCH3 is 2. The number of benzene rings is 2. The smallest absolute Gasteiger partial charge is 0.181 e. The molecule has 0 saturated carbocycles. The lowest BCUT2D eigenvalue weighted by molar-refractivity contribution is -0.0412. The van der Waals surface area contributed by atoms with Crippen LogP contribution in [-0.4, -0.2) is 37.4 Å². The summed E-state index contributed by atoms with van der Waals surface area (Å²) in [6, 6.07) is 15.1. The van der Waals surface area contributed by atoms with Crippen molar-refractivity contribution < 1.29 is 24.2 Å². The summed E-state index contributed by atoms with van der Waals surface area (Å²) in [5.41, 5.74) is 2.52. The average Bonchev–Trinajstić information content (AvgIpc) is 2.74. The van der Waals surface area contributed by atoms with Gasteiger partial charge in [0.15, 0.2) is 12.4 Å². The van der Waals surface area contributed by atoms with Gasteiger partial charge in [-0.15, -0.1) is 0 Å². The number of aliphatic hydroxyl groups is 1. The van der Waals surface area contributed by atoms with E-state index in [-0.39, 0.29) is 0 Å². The number of halogens is 1. The Bertz CT molecular complexity index is 853. The number of oxime groups is 1. The van der Waals surface area contributed by atoms with E-state index in [1.54, 1.807) is 6.92 Å². The Labute approximate surface area is 176 Å². The Morgan fingerprint density at radius 2 is 1.93 bits per heavy atom. The van der Waals surface area contributed by atoms with Crippen LogP contribution >= 0.6 is 11.6 Å². The first kappa shape index (κ1) is 22.7. The minimum Gasteiger partial charge on any atom is -0.497 e. The van der Waals surface area contributed by atoms with Crippen LogP contribution in [0.4, 0.5) is 0 Å². The topological polar surface area (TPSA) is 69.5 Å². The van der Waals surface area contributed by atoms with E-state index in [9.17, 15) is 5.11 Å². The monoisotopic (exact) mass is 419 g/mol. The number of hydrogen-bond acceptors (Lipinski definition) is 6. The van der Waals surface area contributed by atoms with Crippen molar-refractivity contribution in [2.75, 3.05) is 14.2 Å². The van der Waals surface area contributed by atoms with Crippen molar-refractivity contribution in [2.45, 2.75) is 32.8 Å². The molecule has 0 heterocycles. The molecule has 7 heteroatoms. The molecule has 2 atom stereocenters. The number of hydrogen-bond donors (Lipinski definition) is 1. The molecular weight excluding hydrogens is 394 g/mol. The van der Waals surface area contributed by atoms with Gasteiger partial charge in [0.2, 0.25) is 0 Å². The Morgan fingerprint density at radius 3 is 2.62 bits per heavy atom. The molecule has 6 nitrogen and oxygen atoms in total. The van der Waals surface area contributed by atoms with Gasteiger partial charge in [-0.1, -0.05) is 41.0 Å². The second-order valence-corrected chi connectivity index (χ2v) is 6.71. The predicted octanol–water partition coefficient (Wildman–Crippen LogP) is 4.54. The van der Waals surface area contributed by atoms with Crippen molar-refractivity contribution in [2.24, 2.45) is 5.16 Å². The molecule has 0 aliphatic heterocycles. The van der Waals surface area contributed by atoms with E-state index < -0.39 is 12.4 Å². The molecule has 0 fully saturated rings. The molecule has 0 aliphatic rings. The quantitative estimate of drug-likeness (QED) is 0.265. The molecule has 2 rings (SSSR count). The second-order valence-electron chi connectivity index (χ2n) is 6.27. The summed E-state index contributed by atoms with van der Waals surface area (Å²) in [5, 5.41) is 14.4. The van der Waals surface area contributed by atoms with Gasteiger partial charge in [-0.05, 0) is 43.7 Å². The normalized spacial score (nSPS) is 14.3. The van der Waals surface area contributed by atoms with Gasteiger partial charge in [0.1, 0.15) is 18.1 Å². The van der Waals surface area contributed by atoms with E-state index in [4.69, 9.17) is 30.6 Å². The minimum atomic E-state index is -1.07. The van der Waals surface area contributed by atoms with Crippen LogP contribution < -0.4 is 4.74 Å². The lowest BCUT2D eigenvalue weighted by Gasteiger charge is -2.15. The Morgan fingerprint density at radius 1 is 1.17 bits per heavy atom. The molecule has 0 aromatic heterocycles. The second kappa shape index (κ2) is 11.5. The summed E-state index contributed by atoms with van der Waals surface area (Å²) in [5.74, 6) is 1.13. The summed E-state index contributed by atoms with van der Waals surface area (Å²) < 4.78 is 15.9. The van der Waals surface area contributed by atoms with E-state index in [2.05, 4.69) is 5.16 Å². The van der Waals surface area contributed by atoms with Gasteiger partial charge >= 0.3 is 0 Å². The molecule has 156 valence electrons. The maximum atomic E-state index is 9.55. The molecule has 0 radical (unpaired) electrons. The fourth-order valence-corrected chi connectivity index (χ4v) is 2.66. The number of ether oxygens (including phenoxy) is 3. The Hall–Kier alpha value is -2.54. The highest BCUT2D eigenvalue weighted by molar-refractivity contribution is 6.30. The van der Waals surface area contributed by atoms with Gasteiger partial charge in [-0.25, -0.2) is 0 Å². The third-order valence-corrected chi connectivity index (χ3v) is 4.31. The lowest BCUT2D eigenvalue weighted by Crippen LogP contribution is -2.15. The largest absolute Gasteiger partial charge is 0.497 e. The molecule has 0 bridgehead atoms. The lowest BCUT2D eigenvalue weighted by atomic mass is 10.1. The first-order chi connectivity index (χ1) is 13.9. The minimum absolute atomic E-state index is 0.412. The summed E-state index contributed by atoms with van der Waals surface area (Å²) in [4.78, 5) is 5.51. The zero-order valence-electron chi connectivity index (χ0n) is 17.0. The molecule has 2 aromatic carbocycles.